The Bertz CT molecular complexity index is 329. The molecular formula is C9H12N2O3. The third-order valence-electron chi connectivity index (χ3n) is 2.40. The number of carboxylic acid groups (broad SMARTS) is 1. The van der Waals surface area contributed by atoms with E-state index in [1.54, 1.807) is 0 Å². The summed E-state index contributed by atoms with van der Waals surface area (Å²) in [6.45, 7) is 0.952. The maximum atomic E-state index is 10.6. The zero-order valence-corrected chi connectivity index (χ0v) is 7.69. The van der Waals surface area contributed by atoms with Crippen LogP contribution in [0, 0.1) is 0 Å². The number of piperidine rings is 1. The maximum absolute atomic E-state index is 10.6. The highest BCUT2D eigenvalue weighted by Gasteiger charge is 2.20. The Labute approximate surface area is 81.1 Å². The fourth-order valence-corrected chi connectivity index (χ4v) is 1.65. The molecule has 1 aromatic rings. The van der Waals surface area contributed by atoms with Gasteiger partial charge in [-0.05, 0) is 19.4 Å². The fraction of sp³-hybridized carbons (Fsp3) is 0.556. The molecule has 0 bridgehead atoms. The van der Waals surface area contributed by atoms with Gasteiger partial charge in [-0.2, -0.15) is 0 Å². The Morgan fingerprint density at radius 3 is 3.07 bits per heavy atom. The van der Waals surface area contributed by atoms with Crippen molar-refractivity contribution in [3.63, 3.8) is 0 Å². The van der Waals surface area contributed by atoms with Crippen LogP contribution in [0.1, 0.15) is 41.6 Å². The van der Waals surface area contributed by atoms with Crippen molar-refractivity contribution in [3.05, 3.63) is 17.5 Å². The lowest BCUT2D eigenvalue weighted by molar-refractivity contribution is 0.0685. The van der Waals surface area contributed by atoms with E-state index >= 15 is 0 Å². The van der Waals surface area contributed by atoms with E-state index in [0.29, 0.717) is 5.76 Å². The third-order valence-corrected chi connectivity index (χ3v) is 2.40. The van der Waals surface area contributed by atoms with Crippen LogP contribution in [-0.2, 0) is 0 Å². The average Bonchev–Trinajstić information content (AvgIpc) is 2.68. The van der Waals surface area contributed by atoms with Crippen LogP contribution in [0.25, 0.3) is 0 Å². The van der Waals surface area contributed by atoms with Gasteiger partial charge in [0.05, 0.1) is 6.04 Å². The Kier molecular flexibility index (Phi) is 2.49. The van der Waals surface area contributed by atoms with Crippen LogP contribution in [-0.4, -0.2) is 22.8 Å². The summed E-state index contributed by atoms with van der Waals surface area (Å²) in [5, 5.41) is 15.4. The molecule has 0 saturated carbocycles. The first-order chi connectivity index (χ1) is 6.77. The standard InChI is InChI=1S/C9H12N2O3/c12-9(13)7-5-8(14-11-7)6-3-1-2-4-10-6/h5-6,10H,1-4H2,(H,12,13). The minimum Gasteiger partial charge on any atom is -0.476 e. The highest BCUT2D eigenvalue weighted by Crippen LogP contribution is 2.23. The van der Waals surface area contributed by atoms with E-state index in [1.807, 2.05) is 0 Å². The van der Waals surface area contributed by atoms with E-state index in [-0.39, 0.29) is 11.7 Å². The molecule has 5 heteroatoms. The molecule has 76 valence electrons. The SMILES string of the molecule is O=C(O)c1cc(C2CCCCN2)on1. The van der Waals surface area contributed by atoms with Gasteiger partial charge in [0.25, 0.3) is 0 Å². The molecule has 0 aliphatic carbocycles. The number of aromatic carboxylic acids is 1. The van der Waals surface area contributed by atoms with Crippen molar-refractivity contribution in [1.82, 2.24) is 10.5 Å². The molecule has 2 rings (SSSR count). The second-order valence-electron chi connectivity index (χ2n) is 3.42. The summed E-state index contributed by atoms with van der Waals surface area (Å²) in [6, 6.07) is 1.62. The molecule has 0 radical (unpaired) electrons. The van der Waals surface area contributed by atoms with Gasteiger partial charge in [-0.3, -0.25) is 0 Å². The Hall–Kier alpha value is -1.36. The highest BCUT2D eigenvalue weighted by atomic mass is 16.5. The van der Waals surface area contributed by atoms with Gasteiger partial charge in [-0.25, -0.2) is 4.79 Å². The number of hydrogen-bond acceptors (Lipinski definition) is 4. The predicted molar refractivity (Wildman–Crippen MR) is 48.1 cm³/mol. The summed E-state index contributed by atoms with van der Waals surface area (Å²) in [4.78, 5) is 10.6. The van der Waals surface area contributed by atoms with Crippen molar-refractivity contribution in [2.24, 2.45) is 0 Å². The maximum Gasteiger partial charge on any atom is 0.358 e. The summed E-state index contributed by atoms with van der Waals surface area (Å²) >= 11 is 0. The number of nitrogens with zero attached hydrogens (tertiary/aromatic N) is 1. The van der Waals surface area contributed by atoms with Crippen LogP contribution in [0.2, 0.25) is 0 Å². The van der Waals surface area contributed by atoms with Crippen LogP contribution in [0.15, 0.2) is 10.6 Å². The number of carboxylic acids is 1. The molecule has 0 amide bonds. The lowest BCUT2D eigenvalue weighted by atomic mass is 10.0. The molecule has 2 N–H and O–H groups in total. The van der Waals surface area contributed by atoms with Crippen molar-refractivity contribution in [1.29, 1.82) is 0 Å². The van der Waals surface area contributed by atoms with E-state index in [2.05, 4.69) is 10.5 Å². The molecule has 1 aromatic heterocycles. The molecule has 2 heterocycles. The van der Waals surface area contributed by atoms with Gasteiger partial charge in [0.2, 0.25) is 0 Å². The second-order valence-corrected chi connectivity index (χ2v) is 3.42. The van der Waals surface area contributed by atoms with Gasteiger partial charge in [0, 0.05) is 6.07 Å². The minimum atomic E-state index is -1.05. The fourth-order valence-electron chi connectivity index (χ4n) is 1.65. The topological polar surface area (TPSA) is 75.4 Å². The smallest absolute Gasteiger partial charge is 0.358 e. The van der Waals surface area contributed by atoms with E-state index in [4.69, 9.17) is 9.63 Å². The average molecular weight is 196 g/mol. The summed E-state index contributed by atoms with van der Waals surface area (Å²) in [6.07, 6.45) is 3.28. The zero-order chi connectivity index (χ0) is 9.97. The zero-order valence-electron chi connectivity index (χ0n) is 7.69. The monoisotopic (exact) mass is 196 g/mol. The Balaban J connectivity index is 2.11. The number of rotatable bonds is 2. The molecular weight excluding hydrogens is 184 g/mol. The van der Waals surface area contributed by atoms with Crippen molar-refractivity contribution >= 4 is 5.97 Å². The quantitative estimate of drug-likeness (QED) is 0.743. The number of aromatic nitrogens is 1. The first-order valence-corrected chi connectivity index (χ1v) is 4.70. The largest absolute Gasteiger partial charge is 0.476 e. The summed E-state index contributed by atoms with van der Waals surface area (Å²) in [7, 11) is 0. The molecule has 14 heavy (non-hydrogen) atoms. The molecule has 1 atom stereocenters. The van der Waals surface area contributed by atoms with Gasteiger partial charge in [-0.15, -0.1) is 0 Å². The molecule has 0 aromatic carbocycles. The predicted octanol–water partition coefficient (Wildman–Crippen LogP) is 1.19. The van der Waals surface area contributed by atoms with Crippen LogP contribution < -0.4 is 5.32 Å². The Morgan fingerprint density at radius 2 is 2.50 bits per heavy atom. The minimum absolute atomic E-state index is 0.0210. The lowest BCUT2D eigenvalue weighted by Crippen LogP contribution is -2.26. The van der Waals surface area contributed by atoms with Crippen molar-refractivity contribution < 1.29 is 14.4 Å². The molecule has 5 nitrogen and oxygen atoms in total. The lowest BCUT2D eigenvalue weighted by Gasteiger charge is -2.20. The van der Waals surface area contributed by atoms with Crippen LogP contribution in [0.4, 0.5) is 0 Å². The molecule has 1 fully saturated rings. The first kappa shape index (κ1) is 9.21. The third kappa shape index (κ3) is 1.77. The molecule has 1 unspecified atom stereocenters. The molecule has 1 aliphatic heterocycles. The van der Waals surface area contributed by atoms with Crippen molar-refractivity contribution in [2.45, 2.75) is 25.3 Å². The number of nitrogens with one attached hydrogen (secondary N) is 1. The van der Waals surface area contributed by atoms with Crippen molar-refractivity contribution in [3.8, 4) is 0 Å². The second kappa shape index (κ2) is 3.79. The Morgan fingerprint density at radius 1 is 1.64 bits per heavy atom. The van der Waals surface area contributed by atoms with Crippen molar-refractivity contribution in [2.75, 3.05) is 6.54 Å². The van der Waals surface area contributed by atoms with E-state index in [9.17, 15) is 4.79 Å². The van der Waals surface area contributed by atoms with Gasteiger partial charge in [0.15, 0.2) is 11.5 Å². The highest BCUT2D eigenvalue weighted by molar-refractivity contribution is 5.85. The summed E-state index contributed by atoms with van der Waals surface area (Å²) in [5.41, 5.74) is -0.0210. The normalized spacial score (nSPS) is 22.1. The molecule has 1 aliphatic rings. The molecule has 1 saturated heterocycles. The van der Waals surface area contributed by atoms with E-state index in [1.165, 1.54) is 6.07 Å². The van der Waals surface area contributed by atoms with E-state index < -0.39 is 5.97 Å². The van der Waals surface area contributed by atoms with Crippen LogP contribution in [0.5, 0.6) is 0 Å². The van der Waals surface area contributed by atoms with Crippen LogP contribution in [0.3, 0.4) is 0 Å². The van der Waals surface area contributed by atoms with E-state index in [0.717, 1.165) is 25.8 Å². The number of hydrogen-bond donors (Lipinski definition) is 2. The molecule has 0 spiro atoms. The number of carbonyl (C=O) groups is 1. The summed E-state index contributed by atoms with van der Waals surface area (Å²) < 4.78 is 4.97. The van der Waals surface area contributed by atoms with Gasteiger partial charge in [-0.1, -0.05) is 11.6 Å². The van der Waals surface area contributed by atoms with Crippen LogP contribution >= 0.6 is 0 Å². The van der Waals surface area contributed by atoms with Gasteiger partial charge < -0.3 is 14.9 Å². The van der Waals surface area contributed by atoms with Gasteiger partial charge in [0.1, 0.15) is 0 Å². The summed E-state index contributed by atoms with van der Waals surface area (Å²) in [5.74, 6) is -0.419. The first-order valence-electron chi connectivity index (χ1n) is 4.70. The van der Waals surface area contributed by atoms with Gasteiger partial charge >= 0.3 is 5.97 Å².